The number of rotatable bonds is 4. The van der Waals surface area contributed by atoms with Gasteiger partial charge in [0.25, 0.3) is 11.8 Å². The van der Waals surface area contributed by atoms with Gasteiger partial charge in [-0.2, -0.15) is 0 Å². The van der Waals surface area contributed by atoms with E-state index >= 15 is 0 Å². The molecule has 5 nitrogen and oxygen atoms in total. The van der Waals surface area contributed by atoms with E-state index in [1.807, 2.05) is 41.8 Å². The Morgan fingerprint density at radius 3 is 2.78 bits per heavy atom. The van der Waals surface area contributed by atoms with Crippen molar-refractivity contribution in [2.75, 3.05) is 11.4 Å². The SMILES string of the molecule is O=C(N/C(=C\c1cccnc1)C(=O)N1CCc2ccccc21)c1cccs1. The zero-order chi connectivity index (χ0) is 18.6. The van der Waals surface area contributed by atoms with Gasteiger partial charge < -0.3 is 10.2 Å². The van der Waals surface area contributed by atoms with Gasteiger partial charge in [0, 0.05) is 24.6 Å². The van der Waals surface area contributed by atoms with E-state index in [0.717, 1.165) is 23.2 Å². The van der Waals surface area contributed by atoms with Gasteiger partial charge in [0.05, 0.1) is 4.88 Å². The minimum absolute atomic E-state index is 0.228. The molecule has 0 aliphatic carbocycles. The summed E-state index contributed by atoms with van der Waals surface area (Å²) >= 11 is 1.34. The molecular weight excluding hydrogens is 358 g/mol. The Bertz CT molecular complexity index is 997. The number of carbonyl (C=O) groups is 2. The molecule has 1 N–H and O–H groups in total. The summed E-state index contributed by atoms with van der Waals surface area (Å²) < 4.78 is 0. The molecular formula is C21H17N3O2S. The van der Waals surface area contributed by atoms with Gasteiger partial charge in [-0.3, -0.25) is 14.6 Å². The molecule has 0 bridgehead atoms. The van der Waals surface area contributed by atoms with E-state index in [-0.39, 0.29) is 17.5 Å². The van der Waals surface area contributed by atoms with Crippen LogP contribution in [0.1, 0.15) is 20.8 Å². The van der Waals surface area contributed by atoms with Crippen molar-refractivity contribution in [3.8, 4) is 0 Å². The summed E-state index contributed by atoms with van der Waals surface area (Å²) in [6, 6.07) is 15.0. The maximum Gasteiger partial charge on any atom is 0.274 e. The maximum absolute atomic E-state index is 13.2. The Hall–Kier alpha value is -3.25. The quantitative estimate of drug-likeness (QED) is 0.710. The molecule has 0 unspecified atom stereocenters. The molecule has 134 valence electrons. The van der Waals surface area contributed by atoms with Gasteiger partial charge in [-0.1, -0.05) is 30.3 Å². The summed E-state index contributed by atoms with van der Waals surface area (Å²) in [4.78, 5) is 32.1. The summed E-state index contributed by atoms with van der Waals surface area (Å²) in [5.41, 5.74) is 3.01. The molecule has 6 heteroatoms. The van der Waals surface area contributed by atoms with Gasteiger partial charge in [-0.15, -0.1) is 11.3 Å². The summed E-state index contributed by atoms with van der Waals surface area (Å²) in [6.45, 7) is 0.595. The highest BCUT2D eigenvalue weighted by atomic mass is 32.1. The van der Waals surface area contributed by atoms with Crippen molar-refractivity contribution in [3.05, 3.63) is 88.0 Å². The first-order chi connectivity index (χ1) is 13.2. The first kappa shape index (κ1) is 17.2. The van der Waals surface area contributed by atoms with E-state index < -0.39 is 0 Å². The second-order valence-electron chi connectivity index (χ2n) is 6.11. The highest BCUT2D eigenvalue weighted by molar-refractivity contribution is 7.12. The van der Waals surface area contributed by atoms with Crippen LogP contribution in [0.4, 0.5) is 5.69 Å². The topological polar surface area (TPSA) is 62.3 Å². The van der Waals surface area contributed by atoms with Crippen LogP contribution in [-0.4, -0.2) is 23.3 Å². The van der Waals surface area contributed by atoms with Crippen LogP contribution in [0.15, 0.2) is 72.0 Å². The van der Waals surface area contributed by atoms with Crippen LogP contribution in [0, 0.1) is 0 Å². The van der Waals surface area contributed by atoms with Crippen LogP contribution in [-0.2, 0) is 11.2 Å². The Kier molecular flexibility index (Phi) is 4.80. The Labute approximate surface area is 161 Å². The minimum Gasteiger partial charge on any atom is -0.317 e. The van der Waals surface area contributed by atoms with E-state index in [1.54, 1.807) is 35.5 Å². The lowest BCUT2D eigenvalue weighted by Gasteiger charge is -2.19. The minimum atomic E-state index is -0.291. The van der Waals surface area contributed by atoms with Gasteiger partial charge in [-0.05, 0) is 47.2 Å². The van der Waals surface area contributed by atoms with E-state index in [0.29, 0.717) is 11.4 Å². The third-order valence-electron chi connectivity index (χ3n) is 4.35. The monoisotopic (exact) mass is 375 g/mol. The van der Waals surface area contributed by atoms with Gasteiger partial charge in [0.2, 0.25) is 0 Å². The maximum atomic E-state index is 13.2. The van der Waals surface area contributed by atoms with E-state index in [9.17, 15) is 9.59 Å². The molecule has 1 aliphatic rings. The number of aromatic nitrogens is 1. The molecule has 3 heterocycles. The van der Waals surface area contributed by atoms with Crippen molar-refractivity contribution < 1.29 is 9.59 Å². The summed E-state index contributed by atoms with van der Waals surface area (Å²) in [5, 5.41) is 4.62. The predicted molar refractivity (Wildman–Crippen MR) is 106 cm³/mol. The van der Waals surface area contributed by atoms with Crippen molar-refractivity contribution in [1.82, 2.24) is 10.3 Å². The van der Waals surface area contributed by atoms with Crippen molar-refractivity contribution in [2.24, 2.45) is 0 Å². The smallest absolute Gasteiger partial charge is 0.274 e. The highest BCUT2D eigenvalue weighted by Crippen LogP contribution is 2.28. The first-order valence-electron chi connectivity index (χ1n) is 8.59. The molecule has 2 amide bonds. The molecule has 0 fully saturated rings. The number of anilines is 1. The summed E-state index contributed by atoms with van der Waals surface area (Å²) in [5.74, 6) is -0.519. The highest BCUT2D eigenvalue weighted by Gasteiger charge is 2.27. The number of hydrogen-bond acceptors (Lipinski definition) is 4. The molecule has 0 saturated carbocycles. The number of fused-ring (bicyclic) bond motifs is 1. The standard InChI is InChI=1S/C21H17N3O2S/c25-20(19-8-4-12-27-19)23-17(13-15-5-3-10-22-14-15)21(26)24-11-9-16-6-1-2-7-18(16)24/h1-8,10,12-14H,9,11H2,(H,23,25)/b17-13-. The molecule has 1 aliphatic heterocycles. The lowest BCUT2D eigenvalue weighted by Crippen LogP contribution is -2.37. The first-order valence-corrected chi connectivity index (χ1v) is 9.47. The molecule has 0 spiro atoms. The Morgan fingerprint density at radius 1 is 1.11 bits per heavy atom. The van der Waals surface area contributed by atoms with E-state index in [4.69, 9.17) is 0 Å². The molecule has 3 aromatic rings. The van der Waals surface area contributed by atoms with Crippen LogP contribution >= 0.6 is 11.3 Å². The summed E-state index contributed by atoms with van der Waals surface area (Å²) in [6.07, 6.45) is 5.80. The van der Waals surface area contributed by atoms with Crippen LogP contribution in [0.25, 0.3) is 6.08 Å². The second-order valence-corrected chi connectivity index (χ2v) is 7.06. The van der Waals surface area contributed by atoms with Crippen LogP contribution < -0.4 is 10.2 Å². The number of thiophene rings is 1. The largest absolute Gasteiger partial charge is 0.317 e. The molecule has 0 saturated heterocycles. The lowest BCUT2D eigenvalue weighted by atomic mass is 10.2. The van der Waals surface area contributed by atoms with E-state index in [2.05, 4.69) is 10.3 Å². The van der Waals surface area contributed by atoms with Crippen LogP contribution in [0.3, 0.4) is 0 Å². The molecule has 4 rings (SSSR count). The van der Waals surface area contributed by atoms with Gasteiger partial charge in [0.1, 0.15) is 5.70 Å². The van der Waals surface area contributed by atoms with Gasteiger partial charge >= 0.3 is 0 Å². The van der Waals surface area contributed by atoms with Crippen molar-refractivity contribution in [2.45, 2.75) is 6.42 Å². The van der Waals surface area contributed by atoms with Crippen LogP contribution in [0.2, 0.25) is 0 Å². The second kappa shape index (κ2) is 7.55. The van der Waals surface area contributed by atoms with Crippen LogP contribution in [0.5, 0.6) is 0 Å². The third kappa shape index (κ3) is 3.66. The number of nitrogens with one attached hydrogen (secondary N) is 1. The number of nitrogens with zero attached hydrogens (tertiary/aromatic N) is 2. The molecule has 1 aromatic carbocycles. The Balaban J connectivity index is 1.66. The van der Waals surface area contributed by atoms with E-state index in [1.165, 1.54) is 11.3 Å². The van der Waals surface area contributed by atoms with Crippen molar-refractivity contribution >= 4 is 34.9 Å². The zero-order valence-electron chi connectivity index (χ0n) is 14.5. The van der Waals surface area contributed by atoms with Crippen molar-refractivity contribution in [3.63, 3.8) is 0 Å². The fraction of sp³-hybridized carbons (Fsp3) is 0.0952. The average Bonchev–Trinajstić information content (AvgIpc) is 3.38. The lowest BCUT2D eigenvalue weighted by molar-refractivity contribution is -0.115. The van der Waals surface area contributed by atoms with Gasteiger partial charge in [0.15, 0.2) is 0 Å². The average molecular weight is 375 g/mol. The normalized spacial score (nSPS) is 13.3. The fourth-order valence-electron chi connectivity index (χ4n) is 3.07. The van der Waals surface area contributed by atoms with Crippen molar-refractivity contribution in [1.29, 1.82) is 0 Å². The predicted octanol–water partition coefficient (Wildman–Crippen LogP) is 3.50. The third-order valence-corrected chi connectivity index (χ3v) is 5.22. The number of carbonyl (C=O) groups excluding carboxylic acids is 2. The molecule has 0 atom stereocenters. The van der Waals surface area contributed by atoms with Gasteiger partial charge in [-0.25, -0.2) is 0 Å². The molecule has 2 aromatic heterocycles. The number of hydrogen-bond donors (Lipinski definition) is 1. The molecule has 27 heavy (non-hydrogen) atoms. The number of pyridine rings is 1. The number of para-hydroxylation sites is 1. The summed E-state index contributed by atoms with van der Waals surface area (Å²) in [7, 11) is 0. The Morgan fingerprint density at radius 2 is 2.00 bits per heavy atom. The number of benzene rings is 1. The fourth-order valence-corrected chi connectivity index (χ4v) is 3.68. The zero-order valence-corrected chi connectivity index (χ0v) is 15.3. The number of amides is 2. The molecule has 0 radical (unpaired) electrons.